The highest BCUT2D eigenvalue weighted by atomic mass is 15.1. The first-order valence-corrected chi connectivity index (χ1v) is 7.93. The largest absolute Gasteiger partial charge is 0.311 e. The van der Waals surface area contributed by atoms with Crippen LogP contribution in [0.4, 0.5) is 0 Å². The number of nitrogens with one attached hydrogen (secondary N) is 1. The Bertz CT molecular complexity index is 355. The van der Waals surface area contributed by atoms with Crippen LogP contribution in [0.5, 0.6) is 0 Å². The monoisotopic (exact) mass is 274 g/mol. The molecule has 0 amide bonds. The Hall–Kier alpha value is -1.12. The van der Waals surface area contributed by atoms with Crippen molar-refractivity contribution in [3.63, 3.8) is 0 Å². The Labute approximate surface area is 124 Å². The molecule has 0 bridgehead atoms. The standard InChI is InChI=1S/C18H30N2/c1-4-20(5-2)16-10-11-17(3)19-15-9-14-18-12-7-6-8-13-18/h6-9,12-14,17,19H,4-5,10-11,15-16H2,1-3H3. The van der Waals surface area contributed by atoms with E-state index >= 15 is 0 Å². The number of hydrogen-bond acceptors (Lipinski definition) is 2. The molecule has 2 heteroatoms. The second-order valence-corrected chi connectivity index (χ2v) is 5.29. The first-order valence-electron chi connectivity index (χ1n) is 7.93. The van der Waals surface area contributed by atoms with Gasteiger partial charge in [0.15, 0.2) is 0 Å². The molecule has 0 radical (unpaired) electrons. The topological polar surface area (TPSA) is 15.3 Å². The summed E-state index contributed by atoms with van der Waals surface area (Å²) in [5.41, 5.74) is 1.27. The van der Waals surface area contributed by atoms with Crippen molar-refractivity contribution in [3.05, 3.63) is 42.0 Å². The van der Waals surface area contributed by atoms with Crippen molar-refractivity contribution in [2.45, 2.75) is 39.7 Å². The van der Waals surface area contributed by atoms with Gasteiger partial charge in [-0.3, -0.25) is 0 Å². The van der Waals surface area contributed by atoms with E-state index in [0.717, 1.165) is 19.6 Å². The van der Waals surface area contributed by atoms with Crippen molar-refractivity contribution in [3.8, 4) is 0 Å². The van der Waals surface area contributed by atoms with Crippen LogP contribution in [0.15, 0.2) is 36.4 Å². The first-order chi connectivity index (χ1) is 9.76. The van der Waals surface area contributed by atoms with Gasteiger partial charge in [-0.25, -0.2) is 0 Å². The van der Waals surface area contributed by atoms with E-state index in [1.54, 1.807) is 0 Å². The summed E-state index contributed by atoms with van der Waals surface area (Å²) in [6.07, 6.45) is 6.90. The van der Waals surface area contributed by atoms with Gasteiger partial charge in [-0.05, 0) is 45.0 Å². The summed E-state index contributed by atoms with van der Waals surface area (Å²) in [7, 11) is 0. The second kappa shape index (κ2) is 10.6. The molecule has 1 rings (SSSR count). The molecular formula is C18H30N2. The maximum atomic E-state index is 3.56. The molecule has 0 aliphatic heterocycles. The van der Waals surface area contributed by atoms with Crippen molar-refractivity contribution >= 4 is 6.08 Å². The SMILES string of the molecule is CCN(CC)CCCC(C)NCC=Cc1ccccc1. The van der Waals surface area contributed by atoms with Gasteiger partial charge >= 0.3 is 0 Å². The molecule has 1 unspecified atom stereocenters. The highest BCUT2D eigenvalue weighted by Crippen LogP contribution is 2.01. The third-order valence-corrected chi connectivity index (χ3v) is 3.70. The lowest BCUT2D eigenvalue weighted by atomic mass is 10.1. The fourth-order valence-electron chi connectivity index (χ4n) is 2.29. The maximum absolute atomic E-state index is 3.56. The Morgan fingerprint density at radius 2 is 1.85 bits per heavy atom. The summed E-state index contributed by atoms with van der Waals surface area (Å²) in [5, 5.41) is 3.56. The van der Waals surface area contributed by atoms with Crippen LogP contribution in [0.3, 0.4) is 0 Å². The predicted octanol–water partition coefficient (Wildman–Crippen LogP) is 3.80. The van der Waals surface area contributed by atoms with Gasteiger partial charge in [0.2, 0.25) is 0 Å². The van der Waals surface area contributed by atoms with Crippen molar-refractivity contribution in [1.29, 1.82) is 0 Å². The van der Waals surface area contributed by atoms with E-state index in [-0.39, 0.29) is 0 Å². The van der Waals surface area contributed by atoms with Crippen molar-refractivity contribution in [1.82, 2.24) is 10.2 Å². The molecule has 0 fully saturated rings. The zero-order valence-electron chi connectivity index (χ0n) is 13.3. The van der Waals surface area contributed by atoms with Crippen LogP contribution >= 0.6 is 0 Å². The summed E-state index contributed by atoms with van der Waals surface area (Å²) >= 11 is 0. The van der Waals surface area contributed by atoms with Gasteiger partial charge in [0.05, 0.1) is 0 Å². The molecule has 1 aromatic carbocycles. The van der Waals surface area contributed by atoms with E-state index in [9.17, 15) is 0 Å². The molecule has 0 aliphatic rings. The van der Waals surface area contributed by atoms with E-state index in [0.29, 0.717) is 6.04 Å². The summed E-state index contributed by atoms with van der Waals surface area (Å²) in [5.74, 6) is 0. The molecule has 0 spiro atoms. The second-order valence-electron chi connectivity index (χ2n) is 5.29. The number of nitrogens with zero attached hydrogens (tertiary/aromatic N) is 1. The predicted molar refractivity (Wildman–Crippen MR) is 90.0 cm³/mol. The van der Waals surface area contributed by atoms with Crippen LogP contribution in [0.2, 0.25) is 0 Å². The van der Waals surface area contributed by atoms with E-state index in [1.807, 2.05) is 6.07 Å². The molecule has 1 N–H and O–H groups in total. The van der Waals surface area contributed by atoms with Gasteiger partial charge in [0.1, 0.15) is 0 Å². The van der Waals surface area contributed by atoms with Crippen molar-refractivity contribution in [2.75, 3.05) is 26.2 Å². The Morgan fingerprint density at radius 3 is 2.50 bits per heavy atom. The van der Waals surface area contributed by atoms with Crippen LogP contribution in [0.1, 0.15) is 39.2 Å². The van der Waals surface area contributed by atoms with Crippen LogP contribution in [-0.4, -0.2) is 37.1 Å². The molecule has 0 aliphatic carbocycles. The molecule has 112 valence electrons. The van der Waals surface area contributed by atoms with Gasteiger partial charge in [-0.15, -0.1) is 0 Å². The number of hydrogen-bond donors (Lipinski definition) is 1. The Kier molecular flexibility index (Phi) is 9.01. The van der Waals surface area contributed by atoms with Gasteiger partial charge in [0.25, 0.3) is 0 Å². The molecule has 0 heterocycles. The number of rotatable bonds is 10. The van der Waals surface area contributed by atoms with Crippen LogP contribution in [0, 0.1) is 0 Å². The summed E-state index contributed by atoms with van der Waals surface area (Å²) in [6.45, 7) is 11.2. The van der Waals surface area contributed by atoms with E-state index in [4.69, 9.17) is 0 Å². The van der Waals surface area contributed by atoms with Crippen LogP contribution in [0.25, 0.3) is 6.08 Å². The van der Waals surface area contributed by atoms with Crippen LogP contribution in [-0.2, 0) is 0 Å². The lowest BCUT2D eigenvalue weighted by Crippen LogP contribution is -2.29. The smallest absolute Gasteiger partial charge is 0.0140 e. The minimum absolute atomic E-state index is 0.589. The van der Waals surface area contributed by atoms with E-state index in [2.05, 4.69) is 67.4 Å². The molecule has 0 saturated heterocycles. The Morgan fingerprint density at radius 1 is 1.15 bits per heavy atom. The van der Waals surface area contributed by atoms with Gasteiger partial charge in [-0.2, -0.15) is 0 Å². The molecular weight excluding hydrogens is 244 g/mol. The number of benzene rings is 1. The summed E-state index contributed by atoms with van der Waals surface area (Å²) < 4.78 is 0. The average Bonchev–Trinajstić information content (AvgIpc) is 2.49. The molecule has 0 aromatic heterocycles. The minimum Gasteiger partial charge on any atom is -0.311 e. The van der Waals surface area contributed by atoms with Crippen molar-refractivity contribution < 1.29 is 0 Å². The molecule has 0 saturated carbocycles. The van der Waals surface area contributed by atoms with Crippen molar-refractivity contribution in [2.24, 2.45) is 0 Å². The fourth-order valence-corrected chi connectivity index (χ4v) is 2.29. The van der Waals surface area contributed by atoms with Gasteiger partial charge < -0.3 is 10.2 Å². The van der Waals surface area contributed by atoms with Gasteiger partial charge in [-0.1, -0.05) is 56.3 Å². The third kappa shape index (κ3) is 7.46. The van der Waals surface area contributed by atoms with E-state index < -0.39 is 0 Å². The normalized spacial score (nSPS) is 13.2. The molecule has 2 nitrogen and oxygen atoms in total. The first kappa shape index (κ1) is 16.9. The fraction of sp³-hybridized carbons (Fsp3) is 0.556. The summed E-state index contributed by atoms with van der Waals surface area (Å²) in [6, 6.07) is 11.0. The quantitative estimate of drug-likeness (QED) is 0.698. The molecule has 20 heavy (non-hydrogen) atoms. The highest BCUT2D eigenvalue weighted by Gasteiger charge is 2.02. The lowest BCUT2D eigenvalue weighted by molar-refractivity contribution is 0.291. The molecule has 1 aromatic rings. The highest BCUT2D eigenvalue weighted by molar-refractivity contribution is 5.48. The molecule has 1 atom stereocenters. The Balaban J connectivity index is 2.11. The minimum atomic E-state index is 0.589. The third-order valence-electron chi connectivity index (χ3n) is 3.70. The zero-order chi connectivity index (χ0) is 14.6. The van der Waals surface area contributed by atoms with Crippen LogP contribution < -0.4 is 5.32 Å². The van der Waals surface area contributed by atoms with Gasteiger partial charge in [0, 0.05) is 12.6 Å². The zero-order valence-corrected chi connectivity index (χ0v) is 13.3. The maximum Gasteiger partial charge on any atom is 0.0140 e. The van der Waals surface area contributed by atoms with E-state index in [1.165, 1.54) is 24.9 Å². The average molecular weight is 274 g/mol. The summed E-state index contributed by atoms with van der Waals surface area (Å²) in [4.78, 5) is 2.49. The lowest BCUT2D eigenvalue weighted by Gasteiger charge is -2.19.